The van der Waals surface area contributed by atoms with E-state index in [0.717, 1.165) is 19.4 Å². The SMILES string of the molecule is CCCCCCCCCCCCOC(=N)CCC[N+](C)(C)CC(=O)O. The number of quaternary nitrogens is 1. The fourth-order valence-corrected chi connectivity index (χ4v) is 2.97. The summed E-state index contributed by atoms with van der Waals surface area (Å²) in [7, 11) is 3.81. The molecule has 25 heavy (non-hydrogen) atoms. The number of hydrogen-bond donors (Lipinski definition) is 2. The molecule has 0 unspecified atom stereocenters. The van der Waals surface area contributed by atoms with Crippen molar-refractivity contribution in [2.45, 2.75) is 84.0 Å². The molecule has 0 aromatic heterocycles. The van der Waals surface area contributed by atoms with Crippen molar-refractivity contribution in [3.8, 4) is 0 Å². The Morgan fingerprint density at radius 1 is 0.920 bits per heavy atom. The molecule has 0 aliphatic rings. The van der Waals surface area contributed by atoms with Crippen LogP contribution in [0.1, 0.15) is 84.0 Å². The first-order valence-electron chi connectivity index (χ1n) is 10.1. The van der Waals surface area contributed by atoms with Crippen molar-refractivity contribution in [2.75, 3.05) is 33.8 Å². The Morgan fingerprint density at radius 2 is 1.44 bits per heavy atom. The van der Waals surface area contributed by atoms with Gasteiger partial charge < -0.3 is 14.3 Å². The summed E-state index contributed by atoms with van der Waals surface area (Å²) in [4.78, 5) is 10.8. The second-order valence-electron chi connectivity index (χ2n) is 7.77. The normalized spacial score (nSPS) is 11.5. The average molecular weight is 358 g/mol. The van der Waals surface area contributed by atoms with E-state index in [1.54, 1.807) is 0 Å². The monoisotopic (exact) mass is 357 g/mol. The minimum absolute atomic E-state index is 0.118. The molecule has 0 heterocycles. The molecule has 148 valence electrons. The number of nitrogens with one attached hydrogen (secondary N) is 1. The summed E-state index contributed by atoms with van der Waals surface area (Å²) in [5, 5.41) is 16.7. The molecule has 0 fully saturated rings. The van der Waals surface area contributed by atoms with Crippen molar-refractivity contribution in [1.82, 2.24) is 0 Å². The first kappa shape index (κ1) is 23.9. The zero-order chi connectivity index (χ0) is 19.0. The Labute approximate surface area is 154 Å². The number of hydrogen-bond acceptors (Lipinski definition) is 3. The topological polar surface area (TPSA) is 70.4 Å². The maximum Gasteiger partial charge on any atom is 0.359 e. The van der Waals surface area contributed by atoms with Crippen molar-refractivity contribution < 1.29 is 19.1 Å². The van der Waals surface area contributed by atoms with Crippen LogP contribution in [0.2, 0.25) is 0 Å². The third-order valence-corrected chi connectivity index (χ3v) is 4.50. The molecule has 0 aliphatic heterocycles. The van der Waals surface area contributed by atoms with Crippen LogP contribution >= 0.6 is 0 Å². The van der Waals surface area contributed by atoms with Gasteiger partial charge in [-0.2, -0.15) is 0 Å². The Bertz CT molecular complexity index is 357. The number of unbranched alkanes of at least 4 members (excludes halogenated alkanes) is 9. The van der Waals surface area contributed by atoms with E-state index in [-0.39, 0.29) is 6.54 Å². The molecule has 0 amide bonds. The highest BCUT2D eigenvalue weighted by molar-refractivity contribution is 5.72. The molecule has 5 heteroatoms. The molecule has 5 nitrogen and oxygen atoms in total. The number of carboxylic acid groups (broad SMARTS) is 1. The number of carbonyl (C=O) groups is 1. The van der Waals surface area contributed by atoms with E-state index in [1.807, 2.05) is 14.1 Å². The van der Waals surface area contributed by atoms with E-state index in [4.69, 9.17) is 15.3 Å². The second-order valence-corrected chi connectivity index (χ2v) is 7.77. The summed E-state index contributed by atoms with van der Waals surface area (Å²) in [6.45, 7) is 3.76. The Balaban J connectivity index is 3.40. The number of rotatable bonds is 17. The summed E-state index contributed by atoms with van der Waals surface area (Å²) in [5.41, 5.74) is 0. The number of aliphatic carboxylic acids is 1. The third kappa shape index (κ3) is 17.5. The lowest BCUT2D eigenvalue weighted by Crippen LogP contribution is -2.44. The predicted molar refractivity (Wildman–Crippen MR) is 104 cm³/mol. The molecule has 0 radical (unpaired) electrons. The summed E-state index contributed by atoms with van der Waals surface area (Å²) in [6, 6.07) is 0. The zero-order valence-electron chi connectivity index (χ0n) is 16.8. The van der Waals surface area contributed by atoms with Gasteiger partial charge in [0.05, 0.1) is 27.2 Å². The third-order valence-electron chi connectivity index (χ3n) is 4.50. The highest BCUT2D eigenvalue weighted by Crippen LogP contribution is 2.10. The summed E-state index contributed by atoms with van der Waals surface area (Å²) in [6.07, 6.45) is 14.4. The summed E-state index contributed by atoms with van der Waals surface area (Å²) < 4.78 is 5.92. The number of likely N-dealkylation sites (N-methyl/N-ethyl adjacent to an activating group) is 1. The molecule has 2 N–H and O–H groups in total. The lowest BCUT2D eigenvalue weighted by molar-refractivity contribution is -0.883. The van der Waals surface area contributed by atoms with Gasteiger partial charge in [-0.25, -0.2) is 4.79 Å². The lowest BCUT2D eigenvalue weighted by Gasteiger charge is -2.27. The van der Waals surface area contributed by atoms with Gasteiger partial charge in [0, 0.05) is 12.8 Å². The van der Waals surface area contributed by atoms with Gasteiger partial charge in [-0.3, -0.25) is 5.41 Å². The van der Waals surface area contributed by atoms with E-state index in [1.165, 1.54) is 57.8 Å². The van der Waals surface area contributed by atoms with Gasteiger partial charge in [-0.1, -0.05) is 64.7 Å². The minimum atomic E-state index is -0.780. The maximum atomic E-state index is 10.8. The Kier molecular flexibility index (Phi) is 14.5. The van der Waals surface area contributed by atoms with Crippen molar-refractivity contribution >= 4 is 11.9 Å². The molecule has 0 saturated carbocycles. The van der Waals surface area contributed by atoms with Crippen LogP contribution in [0.5, 0.6) is 0 Å². The van der Waals surface area contributed by atoms with E-state index < -0.39 is 5.97 Å². The standard InChI is InChI=1S/C20H40N2O3/c1-4-5-6-7-8-9-10-11-12-13-17-25-19(21)15-14-16-22(2,3)18-20(23)24/h21H,4-18H2,1-3H3/p+1. The Morgan fingerprint density at radius 3 is 1.96 bits per heavy atom. The van der Waals surface area contributed by atoms with Crippen molar-refractivity contribution in [3.05, 3.63) is 0 Å². The fourth-order valence-electron chi connectivity index (χ4n) is 2.97. The van der Waals surface area contributed by atoms with Gasteiger partial charge in [0.2, 0.25) is 0 Å². The Hall–Kier alpha value is -1.10. The van der Waals surface area contributed by atoms with Gasteiger partial charge in [-0.05, 0) is 6.42 Å². The van der Waals surface area contributed by atoms with Crippen LogP contribution in [0, 0.1) is 5.41 Å². The smallest absolute Gasteiger partial charge is 0.359 e. The van der Waals surface area contributed by atoms with Gasteiger partial charge in [0.25, 0.3) is 0 Å². The van der Waals surface area contributed by atoms with Gasteiger partial charge >= 0.3 is 5.97 Å². The second kappa shape index (κ2) is 15.2. The molecule has 0 aromatic rings. The van der Waals surface area contributed by atoms with Gasteiger partial charge in [0.15, 0.2) is 12.4 Å². The van der Waals surface area contributed by atoms with Crippen molar-refractivity contribution in [1.29, 1.82) is 5.41 Å². The molecule has 0 rings (SSSR count). The van der Waals surface area contributed by atoms with Crippen molar-refractivity contribution in [3.63, 3.8) is 0 Å². The number of nitrogens with zero attached hydrogens (tertiary/aromatic N) is 1. The fraction of sp³-hybridized carbons (Fsp3) is 0.900. The van der Waals surface area contributed by atoms with E-state index >= 15 is 0 Å². The first-order chi connectivity index (χ1) is 11.9. The van der Waals surface area contributed by atoms with Crippen LogP contribution in [0.3, 0.4) is 0 Å². The van der Waals surface area contributed by atoms with Gasteiger partial charge in [-0.15, -0.1) is 0 Å². The highest BCUT2D eigenvalue weighted by atomic mass is 16.5. The van der Waals surface area contributed by atoms with Crippen LogP contribution in [-0.4, -0.2) is 55.2 Å². The first-order valence-corrected chi connectivity index (χ1v) is 10.1. The molecular formula is C20H41N2O3+. The molecule has 0 bridgehead atoms. The molecule has 0 aliphatic carbocycles. The summed E-state index contributed by atoms with van der Waals surface area (Å²) >= 11 is 0. The molecule has 0 saturated heterocycles. The van der Waals surface area contributed by atoms with E-state index in [2.05, 4.69) is 6.92 Å². The zero-order valence-corrected chi connectivity index (χ0v) is 16.8. The molecule has 0 aromatic carbocycles. The number of ether oxygens (including phenoxy) is 1. The van der Waals surface area contributed by atoms with Crippen LogP contribution in [0.4, 0.5) is 0 Å². The average Bonchev–Trinajstić information content (AvgIpc) is 2.51. The largest absolute Gasteiger partial charge is 0.481 e. The van der Waals surface area contributed by atoms with Crippen LogP contribution < -0.4 is 0 Å². The number of carboxylic acids is 1. The highest BCUT2D eigenvalue weighted by Gasteiger charge is 2.19. The quantitative estimate of drug-likeness (QED) is 0.169. The summed E-state index contributed by atoms with van der Waals surface area (Å²) in [5.74, 6) is -0.441. The molecular weight excluding hydrogens is 316 g/mol. The molecule has 0 spiro atoms. The van der Waals surface area contributed by atoms with Crippen LogP contribution in [-0.2, 0) is 9.53 Å². The van der Waals surface area contributed by atoms with Gasteiger partial charge in [0.1, 0.15) is 0 Å². The lowest BCUT2D eigenvalue weighted by atomic mass is 10.1. The van der Waals surface area contributed by atoms with E-state index in [9.17, 15) is 4.79 Å². The minimum Gasteiger partial charge on any atom is -0.481 e. The molecule has 0 atom stereocenters. The maximum absolute atomic E-state index is 10.8. The van der Waals surface area contributed by atoms with Crippen molar-refractivity contribution in [2.24, 2.45) is 0 Å². The van der Waals surface area contributed by atoms with Crippen LogP contribution in [0.25, 0.3) is 0 Å². The van der Waals surface area contributed by atoms with E-state index in [0.29, 0.717) is 23.4 Å². The van der Waals surface area contributed by atoms with Crippen LogP contribution in [0.15, 0.2) is 0 Å². The predicted octanol–water partition coefficient (Wildman–Crippen LogP) is 4.84.